The highest BCUT2D eigenvalue weighted by Crippen LogP contribution is 2.34. The minimum atomic E-state index is -3.17. The third-order valence-electron chi connectivity index (χ3n) is 3.54. The number of benzene rings is 1. The van der Waals surface area contributed by atoms with E-state index in [4.69, 9.17) is 5.73 Å². The van der Waals surface area contributed by atoms with Crippen LogP contribution in [0, 0.1) is 0 Å². The first-order chi connectivity index (χ1) is 8.41. The first-order valence-electron chi connectivity index (χ1n) is 5.87. The molecule has 0 atom stereocenters. The maximum atomic E-state index is 11.8. The minimum absolute atomic E-state index is 0.153. The zero-order valence-electron chi connectivity index (χ0n) is 9.77. The zero-order chi connectivity index (χ0) is 13.0. The number of fused-ring (bicyclic) bond motifs is 1. The van der Waals surface area contributed by atoms with E-state index >= 15 is 0 Å². The average Bonchev–Trinajstić information content (AvgIpc) is 3.00. The number of anilines is 1. The number of nitrogens with two attached hydrogens (primary N) is 1. The molecule has 1 heterocycles. The summed E-state index contributed by atoms with van der Waals surface area (Å²) in [5, 5.41) is 2.68. The molecule has 1 saturated carbocycles. The maximum absolute atomic E-state index is 11.8. The number of hydrogen-bond donors (Lipinski definition) is 2. The van der Waals surface area contributed by atoms with Crippen molar-refractivity contribution >= 4 is 21.4 Å². The summed E-state index contributed by atoms with van der Waals surface area (Å²) in [6, 6.07) is 5.01. The van der Waals surface area contributed by atoms with Gasteiger partial charge in [0.2, 0.25) is 5.91 Å². The lowest BCUT2D eigenvalue weighted by molar-refractivity contribution is -0.118. The lowest BCUT2D eigenvalue weighted by Gasteiger charge is -2.10. The van der Waals surface area contributed by atoms with Crippen molar-refractivity contribution in [2.45, 2.75) is 29.7 Å². The van der Waals surface area contributed by atoms with Crippen LogP contribution in [0.2, 0.25) is 0 Å². The SMILES string of the molecule is NC1(C(=O)Nc2ccc3c(c2)S(=O)(=O)CC3)CC1. The second kappa shape index (κ2) is 3.55. The predicted octanol–water partition coefficient (Wildman–Crippen LogP) is 0.446. The molecule has 1 aliphatic heterocycles. The minimum Gasteiger partial charge on any atom is -0.324 e. The first kappa shape index (κ1) is 11.7. The molecule has 1 aromatic carbocycles. The van der Waals surface area contributed by atoms with Crippen LogP contribution in [0.1, 0.15) is 18.4 Å². The van der Waals surface area contributed by atoms with Crippen LogP contribution >= 0.6 is 0 Å². The highest BCUT2D eigenvalue weighted by atomic mass is 32.2. The Hall–Kier alpha value is -1.40. The molecule has 18 heavy (non-hydrogen) atoms. The first-order valence-corrected chi connectivity index (χ1v) is 7.52. The Labute approximate surface area is 105 Å². The third-order valence-corrected chi connectivity index (χ3v) is 5.33. The number of carbonyl (C=O) groups is 1. The molecule has 0 spiro atoms. The second-order valence-corrected chi connectivity index (χ2v) is 7.08. The molecule has 1 amide bonds. The average molecular weight is 266 g/mol. The van der Waals surface area contributed by atoms with Crippen molar-refractivity contribution in [1.29, 1.82) is 0 Å². The van der Waals surface area contributed by atoms with E-state index in [0.717, 1.165) is 5.56 Å². The van der Waals surface area contributed by atoms with Gasteiger partial charge in [0.05, 0.1) is 16.2 Å². The van der Waals surface area contributed by atoms with E-state index in [1.165, 1.54) is 6.07 Å². The summed E-state index contributed by atoms with van der Waals surface area (Å²) in [6.45, 7) is 0. The molecule has 1 aliphatic carbocycles. The monoisotopic (exact) mass is 266 g/mol. The van der Waals surface area contributed by atoms with Crippen molar-refractivity contribution in [3.63, 3.8) is 0 Å². The molecule has 0 saturated heterocycles. The van der Waals surface area contributed by atoms with Crippen LogP contribution in [0.4, 0.5) is 5.69 Å². The van der Waals surface area contributed by atoms with Gasteiger partial charge in [0.1, 0.15) is 0 Å². The van der Waals surface area contributed by atoms with E-state index in [1.807, 2.05) is 0 Å². The van der Waals surface area contributed by atoms with Crippen LogP contribution < -0.4 is 11.1 Å². The molecule has 2 aliphatic rings. The molecule has 96 valence electrons. The van der Waals surface area contributed by atoms with Crippen molar-refractivity contribution in [3.05, 3.63) is 23.8 Å². The normalized spacial score (nSPS) is 22.3. The van der Waals surface area contributed by atoms with Crippen LogP contribution in [-0.4, -0.2) is 25.6 Å². The third kappa shape index (κ3) is 1.81. The zero-order valence-corrected chi connectivity index (χ0v) is 10.6. The molecule has 1 aromatic rings. The highest BCUT2D eigenvalue weighted by Gasteiger charge is 2.46. The Morgan fingerprint density at radius 3 is 2.72 bits per heavy atom. The van der Waals surface area contributed by atoms with E-state index in [-0.39, 0.29) is 11.7 Å². The largest absolute Gasteiger partial charge is 0.324 e. The summed E-state index contributed by atoms with van der Waals surface area (Å²) in [6.07, 6.45) is 1.91. The number of rotatable bonds is 2. The predicted molar refractivity (Wildman–Crippen MR) is 67.0 cm³/mol. The Morgan fingerprint density at radius 2 is 2.06 bits per heavy atom. The molecule has 3 N–H and O–H groups in total. The molecule has 0 aromatic heterocycles. The van der Waals surface area contributed by atoms with Crippen LogP contribution in [0.15, 0.2) is 23.1 Å². The molecule has 0 unspecified atom stereocenters. The Morgan fingerprint density at radius 1 is 1.33 bits per heavy atom. The molecular weight excluding hydrogens is 252 g/mol. The quantitative estimate of drug-likeness (QED) is 0.813. The van der Waals surface area contributed by atoms with Gasteiger partial charge in [0.25, 0.3) is 0 Å². The molecule has 1 fully saturated rings. The van der Waals surface area contributed by atoms with Gasteiger partial charge in [0, 0.05) is 5.69 Å². The standard InChI is InChI=1S/C12H14N2O3S/c13-12(4-5-12)11(15)14-9-2-1-8-3-6-18(16,17)10(8)7-9/h1-2,7H,3-6,13H2,(H,14,15). The highest BCUT2D eigenvalue weighted by molar-refractivity contribution is 7.91. The number of carbonyl (C=O) groups excluding carboxylic acids is 1. The van der Waals surface area contributed by atoms with Gasteiger partial charge >= 0.3 is 0 Å². The van der Waals surface area contributed by atoms with Crippen LogP contribution in [0.3, 0.4) is 0 Å². The van der Waals surface area contributed by atoms with E-state index in [9.17, 15) is 13.2 Å². The Bertz CT molecular complexity index is 633. The second-order valence-electron chi connectivity index (χ2n) is 5.00. The Balaban J connectivity index is 1.89. The molecule has 3 rings (SSSR count). The maximum Gasteiger partial charge on any atom is 0.244 e. The fourth-order valence-corrected chi connectivity index (χ4v) is 3.68. The summed E-state index contributed by atoms with van der Waals surface area (Å²) in [5.41, 5.74) is 6.34. The summed E-state index contributed by atoms with van der Waals surface area (Å²) in [4.78, 5) is 12.1. The summed E-state index contributed by atoms with van der Waals surface area (Å²) >= 11 is 0. The lowest BCUT2D eigenvalue weighted by Crippen LogP contribution is -2.37. The van der Waals surface area contributed by atoms with Gasteiger partial charge in [-0.3, -0.25) is 4.79 Å². The van der Waals surface area contributed by atoms with Crippen molar-refractivity contribution in [2.75, 3.05) is 11.1 Å². The van der Waals surface area contributed by atoms with E-state index in [2.05, 4.69) is 5.32 Å². The van der Waals surface area contributed by atoms with Gasteiger partial charge in [-0.25, -0.2) is 8.42 Å². The van der Waals surface area contributed by atoms with E-state index < -0.39 is 15.4 Å². The van der Waals surface area contributed by atoms with Crippen LogP contribution in [-0.2, 0) is 21.1 Å². The van der Waals surface area contributed by atoms with Gasteiger partial charge in [-0.1, -0.05) is 6.07 Å². The van der Waals surface area contributed by atoms with E-state index in [1.54, 1.807) is 12.1 Å². The fourth-order valence-electron chi connectivity index (χ4n) is 2.10. The molecule has 0 bridgehead atoms. The van der Waals surface area contributed by atoms with Gasteiger partial charge in [0.15, 0.2) is 9.84 Å². The van der Waals surface area contributed by atoms with Gasteiger partial charge in [-0.15, -0.1) is 0 Å². The van der Waals surface area contributed by atoms with Crippen molar-refractivity contribution < 1.29 is 13.2 Å². The fraction of sp³-hybridized carbons (Fsp3) is 0.417. The number of hydrogen-bond acceptors (Lipinski definition) is 4. The number of sulfone groups is 1. The topological polar surface area (TPSA) is 89.3 Å². The smallest absolute Gasteiger partial charge is 0.244 e. The van der Waals surface area contributed by atoms with Crippen LogP contribution in [0.5, 0.6) is 0 Å². The Kier molecular flexibility index (Phi) is 2.30. The van der Waals surface area contributed by atoms with Crippen molar-refractivity contribution in [3.8, 4) is 0 Å². The number of nitrogens with one attached hydrogen (secondary N) is 1. The number of amides is 1. The van der Waals surface area contributed by atoms with Crippen molar-refractivity contribution in [2.24, 2.45) is 5.73 Å². The molecular formula is C12H14N2O3S. The van der Waals surface area contributed by atoms with Gasteiger partial charge in [-0.05, 0) is 37.0 Å². The summed E-state index contributed by atoms with van der Waals surface area (Å²) in [5.74, 6) is -0.0848. The van der Waals surface area contributed by atoms with Crippen LogP contribution in [0.25, 0.3) is 0 Å². The molecule has 0 radical (unpaired) electrons. The lowest BCUT2D eigenvalue weighted by atomic mass is 10.1. The van der Waals surface area contributed by atoms with Gasteiger partial charge < -0.3 is 11.1 Å². The number of aryl methyl sites for hydroxylation is 1. The van der Waals surface area contributed by atoms with E-state index in [0.29, 0.717) is 29.8 Å². The summed E-state index contributed by atoms with van der Waals surface area (Å²) < 4.78 is 23.5. The van der Waals surface area contributed by atoms with Crippen molar-refractivity contribution in [1.82, 2.24) is 0 Å². The van der Waals surface area contributed by atoms with Gasteiger partial charge in [-0.2, -0.15) is 0 Å². The molecule has 5 nitrogen and oxygen atoms in total. The summed E-state index contributed by atoms with van der Waals surface area (Å²) in [7, 11) is -3.17. The molecule has 6 heteroatoms.